The highest BCUT2D eigenvalue weighted by Crippen LogP contribution is 2.13. The highest BCUT2D eigenvalue weighted by Gasteiger charge is 2.30. The van der Waals surface area contributed by atoms with Gasteiger partial charge < -0.3 is 9.64 Å². The van der Waals surface area contributed by atoms with Crippen molar-refractivity contribution in [3.8, 4) is 0 Å². The van der Waals surface area contributed by atoms with E-state index in [1.165, 1.54) is 7.11 Å². The molecule has 0 bridgehead atoms. The van der Waals surface area contributed by atoms with Crippen molar-refractivity contribution in [3.63, 3.8) is 0 Å². The summed E-state index contributed by atoms with van der Waals surface area (Å²) in [6, 6.07) is 0.656. The molecule has 0 aromatic rings. The summed E-state index contributed by atoms with van der Waals surface area (Å²) in [6.45, 7) is 5.82. The van der Waals surface area contributed by atoms with E-state index in [2.05, 4.69) is 18.9 Å². The monoisotopic (exact) mass is 186 g/mol. The second-order valence-corrected chi connectivity index (χ2v) is 3.76. The van der Waals surface area contributed by atoms with Crippen LogP contribution in [0.2, 0.25) is 0 Å². The third-order valence-electron chi connectivity index (χ3n) is 2.71. The van der Waals surface area contributed by atoms with Crippen molar-refractivity contribution in [1.29, 1.82) is 0 Å². The van der Waals surface area contributed by atoms with E-state index in [0.29, 0.717) is 6.04 Å². The number of methoxy groups -OCH3 is 1. The lowest BCUT2D eigenvalue weighted by atomic mass is 10.1. The van der Waals surface area contributed by atoms with Crippen LogP contribution >= 0.6 is 0 Å². The molecule has 1 saturated heterocycles. The molecule has 1 amide bonds. The van der Waals surface area contributed by atoms with Crippen molar-refractivity contribution >= 4 is 6.09 Å². The highest BCUT2D eigenvalue weighted by atomic mass is 16.5. The summed E-state index contributed by atoms with van der Waals surface area (Å²) in [7, 11) is 3.51. The molecule has 0 radical (unpaired) electrons. The number of carbonyl (C=O) groups is 1. The molecule has 1 heterocycles. The third kappa shape index (κ3) is 2.12. The van der Waals surface area contributed by atoms with E-state index in [0.717, 1.165) is 13.1 Å². The van der Waals surface area contributed by atoms with Gasteiger partial charge in [0.25, 0.3) is 0 Å². The average molecular weight is 186 g/mol. The summed E-state index contributed by atoms with van der Waals surface area (Å²) in [5, 5.41) is 0. The molecular weight excluding hydrogens is 168 g/mol. The highest BCUT2D eigenvalue weighted by molar-refractivity contribution is 5.68. The van der Waals surface area contributed by atoms with Crippen LogP contribution < -0.4 is 0 Å². The maximum atomic E-state index is 11.3. The van der Waals surface area contributed by atoms with Crippen LogP contribution in [0.1, 0.15) is 13.8 Å². The maximum absolute atomic E-state index is 11.3. The van der Waals surface area contributed by atoms with Gasteiger partial charge in [0.15, 0.2) is 0 Å². The molecule has 1 aliphatic heterocycles. The second kappa shape index (κ2) is 3.96. The van der Waals surface area contributed by atoms with Gasteiger partial charge >= 0.3 is 6.09 Å². The number of amides is 1. The lowest BCUT2D eigenvalue weighted by molar-refractivity contribution is 0.0480. The predicted molar refractivity (Wildman–Crippen MR) is 50.7 cm³/mol. The number of hydrogen-bond donors (Lipinski definition) is 0. The van der Waals surface area contributed by atoms with E-state index < -0.39 is 0 Å². The minimum atomic E-state index is -0.215. The molecule has 1 aliphatic rings. The molecule has 0 aromatic carbocycles. The molecule has 0 aromatic heterocycles. The second-order valence-electron chi connectivity index (χ2n) is 3.76. The Bertz CT molecular complexity index is 196. The molecule has 0 spiro atoms. The molecule has 0 aliphatic carbocycles. The lowest BCUT2D eigenvalue weighted by Gasteiger charge is -2.41. The minimum Gasteiger partial charge on any atom is -0.453 e. The molecule has 0 N–H and O–H groups in total. The summed E-state index contributed by atoms with van der Waals surface area (Å²) in [6.07, 6.45) is -0.215. The number of ether oxygens (including phenoxy) is 1. The van der Waals surface area contributed by atoms with E-state index in [1.54, 1.807) is 4.90 Å². The molecule has 1 rings (SSSR count). The zero-order valence-corrected chi connectivity index (χ0v) is 8.78. The number of likely N-dealkylation sites (N-methyl/N-ethyl adjacent to an activating group) is 1. The molecule has 1 fully saturated rings. The molecule has 76 valence electrons. The Labute approximate surface area is 79.4 Å². The maximum Gasteiger partial charge on any atom is 0.409 e. The summed E-state index contributed by atoms with van der Waals surface area (Å²) >= 11 is 0. The van der Waals surface area contributed by atoms with Crippen molar-refractivity contribution in [1.82, 2.24) is 9.80 Å². The van der Waals surface area contributed by atoms with Crippen molar-refractivity contribution in [2.45, 2.75) is 25.9 Å². The van der Waals surface area contributed by atoms with Crippen LogP contribution in [0.3, 0.4) is 0 Å². The number of rotatable bonds is 0. The van der Waals surface area contributed by atoms with Gasteiger partial charge in [0, 0.05) is 25.2 Å². The Morgan fingerprint density at radius 2 is 1.92 bits per heavy atom. The zero-order valence-electron chi connectivity index (χ0n) is 8.78. The van der Waals surface area contributed by atoms with E-state index in [4.69, 9.17) is 4.74 Å². The first-order valence-corrected chi connectivity index (χ1v) is 4.61. The first kappa shape index (κ1) is 10.3. The van der Waals surface area contributed by atoms with Crippen LogP contribution in [0.15, 0.2) is 0 Å². The van der Waals surface area contributed by atoms with Crippen LogP contribution in [0.4, 0.5) is 4.79 Å². The van der Waals surface area contributed by atoms with Gasteiger partial charge in [-0.2, -0.15) is 0 Å². The number of hydrogen-bond acceptors (Lipinski definition) is 3. The van der Waals surface area contributed by atoms with Gasteiger partial charge in [-0.25, -0.2) is 4.79 Å². The fourth-order valence-corrected chi connectivity index (χ4v) is 1.67. The molecule has 0 saturated carbocycles. The van der Waals surface area contributed by atoms with Gasteiger partial charge in [-0.05, 0) is 20.9 Å². The zero-order chi connectivity index (χ0) is 10.0. The quantitative estimate of drug-likeness (QED) is 0.560. The van der Waals surface area contributed by atoms with Crippen LogP contribution in [-0.2, 0) is 4.74 Å². The van der Waals surface area contributed by atoms with Gasteiger partial charge in [0.1, 0.15) is 0 Å². The number of piperazine rings is 1. The number of carbonyl (C=O) groups excluding carboxylic acids is 1. The fraction of sp³-hybridized carbons (Fsp3) is 0.889. The van der Waals surface area contributed by atoms with Crippen molar-refractivity contribution < 1.29 is 9.53 Å². The normalized spacial score (nSPS) is 30.3. The van der Waals surface area contributed by atoms with Crippen molar-refractivity contribution in [2.75, 3.05) is 27.2 Å². The van der Waals surface area contributed by atoms with Gasteiger partial charge in [-0.3, -0.25) is 4.90 Å². The van der Waals surface area contributed by atoms with E-state index in [9.17, 15) is 4.79 Å². The average Bonchev–Trinajstić information content (AvgIpc) is 2.10. The Kier molecular flexibility index (Phi) is 3.14. The Morgan fingerprint density at radius 3 is 2.46 bits per heavy atom. The first-order chi connectivity index (χ1) is 6.06. The van der Waals surface area contributed by atoms with Crippen molar-refractivity contribution in [2.24, 2.45) is 0 Å². The van der Waals surface area contributed by atoms with E-state index in [-0.39, 0.29) is 12.1 Å². The molecule has 4 heteroatoms. The summed E-state index contributed by atoms with van der Waals surface area (Å²) < 4.78 is 4.71. The Morgan fingerprint density at radius 1 is 1.31 bits per heavy atom. The minimum absolute atomic E-state index is 0.215. The van der Waals surface area contributed by atoms with Gasteiger partial charge in [-0.1, -0.05) is 0 Å². The molecule has 4 nitrogen and oxygen atoms in total. The van der Waals surface area contributed by atoms with Gasteiger partial charge in [-0.15, -0.1) is 0 Å². The Hall–Kier alpha value is -0.770. The van der Waals surface area contributed by atoms with Crippen LogP contribution in [0, 0.1) is 0 Å². The van der Waals surface area contributed by atoms with Crippen LogP contribution in [0.5, 0.6) is 0 Å². The summed E-state index contributed by atoms with van der Waals surface area (Å²) in [5.74, 6) is 0. The van der Waals surface area contributed by atoms with Crippen LogP contribution in [0.25, 0.3) is 0 Å². The molecule has 2 atom stereocenters. The third-order valence-corrected chi connectivity index (χ3v) is 2.71. The number of nitrogens with zero attached hydrogens (tertiary/aromatic N) is 2. The fourth-order valence-electron chi connectivity index (χ4n) is 1.67. The van der Waals surface area contributed by atoms with Crippen molar-refractivity contribution in [3.05, 3.63) is 0 Å². The standard InChI is InChI=1S/C9H18N2O2/c1-7-6-11(9(12)13-4)8(2)5-10(7)3/h7-8H,5-6H2,1-4H3. The summed E-state index contributed by atoms with van der Waals surface area (Å²) in [5.41, 5.74) is 0. The SMILES string of the molecule is COC(=O)N1CC(C)N(C)CC1C. The largest absolute Gasteiger partial charge is 0.453 e. The van der Waals surface area contributed by atoms with E-state index in [1.807, 2.05) is 6.92 Å². The first-order valence-electron chi connectivity index (χ1n) is 4.61. The molecule has 2 unspecified atom stereocenters. The predicted octanol–water partition coefficient (Wildman–Crippen LogP) is 0.777. The molecular formula is C9H18N2O2. The van der Waals surface area contributed by atoms with Gasteiger partial charge in [0.2, 0.25) is 0 Å². The summed E-state index contributed by atoms with van der Waals surface area (Å²) in [4.78, 5) is 15.4. The topological polar surface area (TPSA) is 32.8 Å². The Balaban J connectivity index is 2.61. The van der Waals surface area contributed by atoms with Crippen LogP contribution in [-0.4, -0.2) is 55.2 Å². The molecule has 13 heavy (non-hydrogen) atoms. The smallest absolute Gasteiger partial charge is 0.409 e. The van der Waals surface area contributed by atoms with Gasteiger partial charge in [0.05, 0.1) is 7.11 Å². The lowest BCUT2D eigenvalue weighted by Crippen LogP contribution is -2.56. The van der Waals surface area contributed by atoms with E-state index >= 15 is 0 Å².